The third-order valence-corrected chi connectivity index (χ3v) is 6.41. The van der Waals surface area contributed by atoms with Crippen LogP contribution in [0.3, 0.4) is 0 Å². The topological polar surface area (TPSA) is 75.4 Å². The van der Waals surface area contributed by atoms with E-state index in [1.54, 1.807) is 0 Å². The van der Waals surface area contributed by atoms with E-state index in [4.69, 9.17) is 5.73 Å². The molecule has 3 atom stereocenters. The molecule has 1 saturated carbocycles. The Morgan fingerprint density at radius 3 is 2.41 bits per heavy atom. The van der Waals surface area contributed by atoms with E-state index in [-0.39, 0.29) is 5.92 Å². The smallest absolute Gasteiger partial charge is 0.323 e. The largest absolute Gasteiger partial charge is 0.480 e. The molecule has 0 spiro atoms. The molecule has 0 radical (unpaired) electrons. The number of unbranched alkanes of at least 4 members (excludes halogenated alkanes) is 1. The summed E-state index contributed by atoms with van der Waals surface area (Å²) in [6, 6.07) is 19.4. The number of aliphatic carboxylic acids is 1. The summed E-state index contributed by atoms with van der Waals surface area (Å²) in [5, 5.41) is 13.4. The predicted molar refractivity (Wildman–Crippen MR) is 122 cm³/mol. The van der Waals surface area contributed by atoms with Crippen molar-refractivity contribution in [3.8, 4) is 11.1 Å². The second-order valence-corrected chi connectivity index (χ2v) is 8.45. The Hall–Kier alpha value is -2.11. The minimum atomic E-state index is -1.08. The SMILES string of the molecule is BCCCCC(N)(C(=O)O)[C@@H]1CC[C@H](NCc2ccc(-c3ccccc3)cc2)C1. The first kappa shape index (κ1) is 21.6. The molecule has 2 aromatic carbocycles. The van der Waals surface area contributed by atoms with Gasteiger partial charge in [0.2, 0.25) is 0 Å². The fourth-order valence-electron chi connectivity index (χ4n) is 4.50. The summed E-state index contributed by atoms with van der Waals surface area (Å²) in [5.74, 6) is -0.787. The van der Waals surface area contributed by atoms with Crippen LogP contribution in [-0.4, -0.2) is 30.5 Å². The molecular formula is C24H33BN2O2. The summed E-state index contributed by atoms with van der Waals surface area (Å²) in [4.78, 5) is 11.9. The van der Waals surface area contributed by atoms with Gasteiger partial charge in [0, 0.05) is 12.6 Å². The number of rotatable bonds is 10. The van der Waals surface area contributed by atoms with Crippen LogP contribution in [0.25, 0.3) is 11.1 Å². The maximum atomic E-state index is 11.9. The Kier molecular flexibility index (Phi) is 7.51. The fourth-order valence-corrected chi connectivity index (χ4v) is 4.50. The average molecular weight is 392 g/mol. The zero-order valence-electron chi connectivity index (χ0n) is 17.4. The van der Waals surface area contributed by atoms with Crippen molar-refractivity contribution in [3.05, 3.63) is 60.2 Å². The minimum absolute atomic E-state index is 0.0508. The second-order valence-electron chi connectivity index (χ2n) is 8.45. The Labute approximate surface area is 175 Å². The number of benzene rings is 2. The van der Waals surface area contributed by atoms with E-state index < -0.39 is 11.5 Å². The molecular weight excluding hydrogens is 359 g/mol. The van der Waals surface area contributed by atoms with Gasteiger partial charge in [-0.15, -0.1) is 0 Å². The summed E-state index contributed by atoms with van der Waals surface area (Å²) in [5.41, 5.74) is 9.01. The molecule has 3 rings (SSSR count). The van der Waals surface area contributed by atoms with Crippen molar-refractivity contribution in [2.24, 2.45) is 11.7 Å². The minimum Gasteiger partial charge on any atom is -0.480 e. The number of carboxylic acids is 1. The molecule has 5 heteroatoms. The van der Waals surface area contributed by atoms with Crippen molar-refractivity contribution in [1.82, 2.24) is 5.32 Å². The molecule has 4 nitrogen and oxygen atoms in total. The van der Waals surface area contributed by atoms with Gasteiger partial charge in [-0.05, 0) is 48.3 Å². The second kappa shape index (κ2) is 10.1. The highest BCUT2D eigenvalue weighted by Gasteiger charge is 2.44. The normalized spacial score (nSPS) is 21.0. The number of nitrogens with one attached hydrogen (secondary N) is 1. The van der Waals surface area contributed by atoms with Crippen LogP contribution in [0.5, 0.6) is 0 Å². The van der Waals surface area contributed by atoms with Gasteiger partial charge < -0.3 is 16.2 Å². The van der Waals surface area contributed by atoms with Gasteiger partial charge >= 0.3 is 5.97 Å². The average Bonchev–Trinajstić information content (AvgIpc) is 3.23. The molecule has 29 heavy (non-hydrogen) atoms. The Bertz CT molecular complexity index is 781. The molecule has 1 aliphatic rings. The molecule has 0 bridgehead atoms. The standard InChI is InChI=1S/C24H33BN2O2/c25-15-5-4-14-24(26,23(28)29)21-12-13-22(16-21)27-17-18-8-10-20(11-9-18)19-6-2-1-3-7-19/h1-3,6-11,21-22,27H,4-5,12-17,25-26H2,(H,28,29)/t21-,22+,24?/m1/s1. The molecule has 154 valence electrons. The van der Waals surface area contributed by atoms with Gasteiger partial charge in [-0.25, -0.2) is 0 Å². The summed E-state index contributed by atoms with van der Waals surface area (Å²) in [6.45, 7) is 0.799. The maximum Gasteiger partial charge on any atom is 0.323 e. The molecule has 0 amide bonds. The molecule has 0 aliphatic heterocycles. The highest BCUT2D eigenvalue weighted by Crippen LogP contribution is 2.36. The molecule has 2 aromatic rings. The van der Waals surface area contributed by atoms with E-state index in [0.717, 1.165) is 45.0 Å². The van der Waals surface area contributed by atoms with E-state index in [1.807, 2.05) is 6.07 Å². The number of hydrogen-bond acceptors (Lipinski definition) is 3. The number of carboxylic acid groups (broad SMARTS) is 1. The van der Waals surface area contributed by atoms with E-state index >= 15 is 0 Å². The van der Waals surface area contributed by atoms with Gasteiger partial charge in [-0.2, -0.15) is 0 Å². The molecule has 1 fully saturated rings. The van der Waals surface area contributed by atoms with Crippen LogP contribution in [0.2, 0.25) is 6.32 Å². The summed E-state index contributed by atoms with van der Waals surface area (Å²) < 4.78 is 0. The van der Waals surface area contributed by atoms with E-state index in [2.05, 4.69) is 61.7 Å². The lowest BCUT2D eigenvalue weighted by molar-refractivity contribution is -0.146. The van der Waals surface area contributed by atoms with Crippen molar-refractivity contribution in [2.45, 2.75) is 63.0 Å². The van der Waals surface area contributed by atoms with Crippen molar-refractivity contribution in [3.63, 3.8) is 0 Å². The molecule has 1 aliphatic carbocycles. The molecule has 0 saturated heterocycles. The third-order valence-electron chi connectivity index (χ3n) is 6.41. The van der Waals surface area contributed by atoms with E-state index in [1.165, 1.54) is 16.7 Å². The first-order valence-corrected chi connectivity index (χ1v) is 10.9. The van der Waals surface area contributed by atoms with Gasteiger partial charge in [-0.1, -0.05) is 73.8 Å². The molecule has 1 unspecified atom stereocenters. The monoisotopic (exact) mass is 392 g/mol. The zero-order chi connectivity index (χ0) is 20.7. The third kappa shape index (κ3) is 5.49. The molecule has 0 heterocycles. The van der Waals surface area contributed by atoms with Gasteiger partial charge in [0.25, 0.3) is 0 Å². The molecule has 0 aromatic heterocycles. The van der Waals surface area contributed by atoms with Gasteiger partial charge in [0.1, 0.15) is 13.4 Å². The summed E-state index contributed by atoms with van der Waals surface area (Å²) >= 11 is 0. The van der Waals surface area contributed by atoms with Crippen LogP contribution in [-0.2, 0) is 11.3 Å². The zero-order valence-corrected chi connectivity index (χ0v) is 17.4. The maximum absolute atomic E-state index is 11.9. The van der Waals surface area contributed by atoms with Crippen LogP contribution in [0.15, 0.2) is 54.6 Å². The van der Waals surface area contributed by atoms with Crippen LogP contribution in [0.1, 0.15) is 44.1 Å². The van der Waals surface area contributed by atoms with Crippen LogP contribution in [0.4, 0.5) is 0 Å². The van der Waals surface area contributed by atoms with Crippen molar-refractivity contribution in [1.29, 1.82) is 0 Å². The van der Waals surface area contributed by atoms with Crippen LogP contribution < -0.4 is 11.1 Å². The van der Waals surface area contributed by atoms with E-state index in [0.29, 0.717) is 12.5 Å². The Balaban J connectivity index is 1.52. The van der Waals surface area contributed by atoms with Crippen LogP contribution >= 0.6 is 0 Å². The lowest BCUT2D eigenvalue weighted by Gasteiger charge is -2.31. The van der Waals surface area contributed by atoms with Gasteiger partial charge in [-0.3, -0.25) is 4.79 Å². The van der Waals surface area contributed by atoms with Crippen LogP contribution in [0, 0.1) is 5.92 Å². The first-order chi connectivity index (χ1) is 14.0. The van der Waals surface area contributed by atoms with Crippen molar-refractivity contribution >= 4 is 13.8 Å². The number of hydrogen-bond donors (Lipinski definition) is 3. The Morgan fingerprint density at radius 2 is 1.76 bits per heavy atom. The van der Waals surface area contributed by atoms with E-state index in [9.17, 15) is 9.90 Å². The van der Waals surface area contributed by atoms with Crippen molar-refractivity contribution in [2.75, 3.05) is 0 Å². The Morgan fingerprint density at radius 1 is 1.07 bits per heavy atom. The lowest BCUT2D eigenvalue weighted by atomic mass is 9.78. The summed E-state index contributed by atoms with van der Waals surface area (Å²) in [7, 11) is 2.13. The van der Waals surface area contributed by atoms with Crippen molar-refractivity contribution < 1.29 is 9.90 Å². The molecule has 4 N–H and O–H groups in total. The first-order valence-electron chi connectivity index (χ1n) is 10.9. The van der Waals surface area contributed by atoms with Gasteiger partial charge in [0.15, 0.2) is 0 Å². The quantitative estimate of drug-likeness (QED) is 0.427. The number of nitrogens with two attached hydrogens (primary N) is 1. The number of carbonyl (C=O) groups is 1. The predicted octanol–water partition coefficient (Wildman–Crippen LogP) is 3.62. The van der Waals surface area contributed by atoms with Gasteiger partial charge in [0.05, 0.1) is 0 Å². The fraction of sp³-hybridized carbons (Fsp3) is 0.458. The summed E-state index contributed by atoms with van der Waals surface area (Å²) in [6.07, 6.45) is 6.31. The highest BCUT2D eigenvalue weighted by molar-refractivity contribution is 6.08. The highest BCUT2D eigenvalue weighted by atomic mass is 16.4. The lowest BCUT2D eigenvalue weighted by Crippen LogP contribution is -2.53.